The van der Waals surface area contributed by atoms with Gasteiger partial charge >= 0.3 is 0 Å². The number of rotatable bonds is 7. The zero-order chi connectivity index (χ0) is 17.1. The van der Waals surface area contributed by atoms with Gasteiger partial charge in [0.2, 0.25) is 5.91 Å². The van der Waals surface area contributed by atoms with Gasteiger partial charge in [0.25, 0.3) is 5.91 Å². The van der Waals surface area contributed by atoms with Gasteiger partial charge in [0.15, 0.2) is 6.10 Å². The molecule has 2 saturated carbocycles. The summed E-state index contributed by atoms with van der Waals surface area (Å²) in [4.78, 5) is 24.7. The Kier molecular flexibility index (Phi) is 5.76. The molecule has 0 bridgehead atoms. The van der Waals surface area contributed by atoms with Crippen molar-refractivity contribution in [1.82, 2.24) is 16.0 Å². The van der Waals surface area contributed by atoms with Crippen LogP contribution in [0.25, 0.3) is 0 Å². The zero-order valence-corrected chi connectivity index (χ0v) is 14.6. The number of fused-ring (bicyclic) bond motifs is 1. The zero-order valence-electron chi connectivity index (χ0n) is 14.6. The summed E-state index contributed by atoms with van der Waals surface area (Å²) < 4.78 is 0. The Hall–Kier alpha value is -1.14. The lowest BCUT2D eigenvalue weighted by atomic mass is 9.85. The number of amides is 2. The van der Waals surface area contributed by atoms with Gasteiger partial charge in [-0.1, -0.05) is 26.2 Å². The summed E-state index contributed by atoms with van der Waals surface area (Å²) in [5.41, 5.74) is 0. The van der Waals surface area contributed by atoms with Gasteiger partial charge in [0, 0.05) is 12.1 Å². The molecule has 1 heterocycles. The fourth-order valence-electron chi connectivity index (χ4n) is 4.12. The highest BCUT2D eigenvalue weighted by Crippen LogP contribution is 2.33. The fourth-order valence-corrected chi connectivity index (χ4v) is 4.12. The molecule has 3 aliphatic rings. The van der Waals surface area contributed by atoms with Crippen LogP contribution in [0.3, 0.4) is 0 Å². The summed E-state index contributed by atoms with van der Waals surface area (Å²) >= 11 is 0. The third-order valence-electron chi connectivity index (χ3n) is 5.68. The van der Waals surface area contributed by atoms with Crippen LogP contribution in [-0.4, -0.2) is 47.2 Å². The van der Waals surface area contributed by atoms with E-state index >= 15 is 0 Å². The van der Waals surface area contributed by atoms with Gasteiger partial charge in [-0.15, -0.1) is 0 Å². The topological polar surface area (TPSA) is 90.5 Å². The van der Waals surface area contributed by atoms with E-state index in [1.165, 1.54) is 19.3 Å². The monoisotopic (exact) mass is 337 g/mol. The predicted molar refractivity (Wildman–Crippen MR) is 91.3 cm³/mol. The van der Waals surface area contributed by atoms with E-state index in [2.05, 4.69) is 16.0 Å². The minimum Gasteiger partial charge on any atom is -0.381 e. The van der Waals surface area contributed by atoms with E-state index < -0.39 is 12.1 Å². The van der Waals surface area contributed by atoms with Gasteiger partial charge < -0.3 is 21.1 Å². The molecule has 1 saturated heterocycles. The highest BCUT2D eigenvalue weighted by atomic mass is 16.3. The van der Waals surface area contributed by atoms with E-state index in [9.17, 15) is 14.7 Å². The second-order valence-corrected chi connectivity index (χ2v) is 7.74. The van der Waals surface area contributed by atoms with Crippen LogP contribution in [-0.2, 0) is 9.59 Å². The summed E-state index contributed by atoms with van der Waals surface area (Å²) in [5.74, 6) is 0.174. The first kappa shape index (κ1) is 17.7. The molecule has 4 N–H and O–H groups in total. The number of hydrogen-bond acceptors (Lipinski definition) is 4. The lowest BCUT2D eigenvalue weighted by Crippen LogP contribution is -2.54. The number of aliphatic hydroxyl groups excluding tert-OH is 1. The van der Waals surface area contributed by atoms with E-state index in [0.717, 1.165) is 32.1 Å². The number of aliphatic hydroxyl groups is 1. The van der Waals surface area contributed by atoms with E-state index in [4.69, 9.17) is 0 Å². The molecular weight excluding hydrogens is 306 g/mol. The molecule has 6 nitrogen and oxygen atoms in total. The van der Waals surface area contributed by atoms with Crippen molar-refractivity contribution >= 4 is 11.8 Å². The van der Waals surface area contributed by atoms with Crippen LogP contribution in [0.15, 0.2) is 0 Å². The van der Waals surface area contributed by atoms with E-state index in [1.54, 1.807) is 0 Å². The lowest BCUT2D eigenvalue weighted by molar-refractivity contribution is -0.132. The summed E-state index contributed by atoms with van der Waals surface area (Å²) in [5, 5.41) is 19.5. The SMILES string of the molecule is CCC[C@H](NC(=O)[C@@H]1CC2CCCCC2N1)C(O)C(=O)NC1CC1. The lowest BCUT2D eigenvalue weighted by Gasteiger charge is -2.25. The third kappa shape index (κ3) is 4.28. The molecule has 6 heteroatoms. The second-order valence-electron chi connectivity index (χ2n) is 7.74. The van der Waals surface area contributed by atoms with E-state index in [1.807, 2.05) is 6.92 Å². The predicted octanol–water partition coefficient (Wildman–Crippen LogP) is 0.832. The van der Waals surface area contributed by atoms with Crippen molar-refractivity contribution < 1.29 is 14.7 Å². The largest absolute Gasteiger partial charge is 0.381 e. The first-order chi connectivity index (χ1) is 11.6. The van der Waals surface area contributed by atoms with Crippen LogP contribution in [0, 0.1) is 5.92 Å². The molecule has 5 atom stereocenters. The Morgan fingerprint density at radius 1 is 1.21 bits per heavy atom. The van der Waals surface area contributed by atoms with E-state index in [0.29, 0.717) is 18.4 Å². The molecule has 2 amide bonds. The maximum Gasteiger partial charge on any atom is 0.251 e. The molecule has 0 aromatic carbocycles. The molecule has 1 aliphatic heterocycles. The molecule has 0 aromatic rings. The van der Waals surface area contributed by atoms with Crippen molar-refractivity contribution in [2.45, 2.75) is 95.0 Å². The van der Waals surface area contributed by atoms with Crippen LogP contribution in [0.2, 0.25) is 0 Å². The highest BCUT2D eigenvalue weighted by Gasteiger charge is 2.39. The minimum absolute atomic E-state index is 0.0684. The Morgan fingerprint density at radius 2 is 1.96 bits per heavy atom. The van der Waals surface area contributed by atoms with Crippen molar-refractivity contribution in [2.24, 2.45) is 5.92 Å². The maximum atomic E-state index is 12.6. The molecular formula is C18H31N3O3. The van der Waals surface area contributed by atoms with Crippen molar-refractivity contribution in [3.05, 3.63) is 0 Å². The molecule has 2 aliphatic carbocycles. The normalized spacial score (nSPS) is 31.8. The molecule has 0 spiro atoms. The maximum absolute atomic E-state index is 12.6. The molecule has 3 unspecified atom stereocenters. The first-order valence-corrected chi connectivity index (χ1v) is 9.63. The molecule has 0 aromatic heterocycles. The summed E-state index contributed by atoms with van der Waals surface area (Å²) in [6, 6.07) is -0.0196. The van der Waals surface area contributed by atoms with Crippen LogP contribution in [0.1, 0.15) is 64.7 Å². The number of carbonyl (C=O) groups excluding carboxylic acids is 2. The number of carbonyl (C=O) groups is 2. The Bertz CT molecular complexity index is 452. The van der Waals surface area contributed by atoms with Gasteiger partial charge in [0.1, 0.15) is 0 Å². The molecule has 136 valence electrons. The van der Waals surface area contributed by atoms with Crippen molar-refractivity contribution in [3.8, 4) is 0 Å². The first-order valence-electron chi connectivity index (χ1n) is 9.63. The number of hydrogen-bond donors (Lipinski definition) is 4. The van der Waals surface area contributed by atoms with Gasteiger partial charge in [-0.25, -0.2) is 0 Å². The quantitative estimate of drug-likeness (QED) is 0.554. The average molecular weight is 337 g/mol. The Morgan fingerprint density at radius 3 is 2.62 bits per heavy atom. The third-order valence-corrected chi connectivity index (χ3v) is 5.68. The Labute approximate surface area is 144 Å². The number of nitrogens with one attached hydrogen (secondary N) is 3. The van der Waals surface area contributed by atoms with Crippen molar-refractivity contribution in [3.63, 3.8) is 0 Å². The fraction of sp³-hybridized carbons (Fsp3) is 0.889. The molecule has 0 radical (unpaired) electrons. The molecule has 3 rings (SSSR count). The van der Waals surface area contributed by atoms with Gasteiger partial charge in [0.05, 0.1) is 12.1 Å². The minimum atomic E-state index is -1.17. The summed E-state index contributed by atoms with van der Waals surface area (Å²) in [6.07, 6.45) is 7.93. The average Bonchev–Trinajstić information content (AvgIpc) is 3.27. The van der Waals surface area contributed by atoms with Crippen molar-refractivity contribution in [1.29, 1.82) is 0 Å². The van der Waals surface area contributed by atoms with Crippen LogP contribution in [0.5, 0.6) is 0 Å². The Balaban J connectivity index is 1.53. The standard InChI is InChI=1S/C18H31N3O3/c1-2-5-14(16(22)18(24)19-12-8-9-12)21-17(23)15-10-11-6-3-4-7-13(11)20-15/h11-16,20,22H,2-10H2,1H3,(H,19,24)(H,21,23)/t11?,13?,14-,15-,16?/m0/s1. The highest BCUT2D eigenvalue weighted by molar-refractivity contribution is 5.85. The van der Waals surface area contributed by atoms with Gasteiger partial charge in [-0.2, -0.15) is 0 Å². The van der Waals surface area contributed by atoms with Crippen molar-refractivity contribution in [2.75, 3.05) is 0 Å². The smallest absolute Gasteiger partial charge is 0.251 e. The second kappa shape index (κ2) is 7.83. The van der Waals surface area contributed by atoms with E-state index in [-0.39, 0.29) is 23.9 Å². The van der Waals surface area contributed by atoms with Crippen LogP contribution in [0.4, 0.5) is 0 Å². The summed E-state index contributed by atoms with van der Waals surface area (Å²) in [6.45, 7) is 1.99. The van der Waals surface area contributed by atoms with Crippen LogP contribution >= 0.6 is 0 Å². The van der Waals surface area contributed by atoms with Gasteiger partial charge in [-0.05, 0) is 44.4 Å². The van der Waals surface area contributed by atoms with Crippen LogP contribution < -0.4 is 16.0 Å². The molecule has 24 heavy (non-hydrogen) atoms. The van der Waals surface area contributed by atoms with Gasteiger partial charge in [-0.3, -0.25) is 9.59 Å². The molecule has 3 fully saturated rings. The summed E-state index contributed by atoms with van der Waals surface area (Å²) in [7, 11) is 0.